The normalized spacial score (nSPS) is 14.2. The Hall–Kier alpha value is -0.120. The monoisotopic (exact) mass is 218 g/mol. The zero-order valence-corrected chi connectivity index (χ0v) is 10.1. The van der Waals surface area contributed by atoms with Gasteiger partial charge >= 0.3 is 0 Å². The van der Waals surface area contributed by atoms with Crippen molar-refractivity contribution in [1.82, 2.24) is 0 Å². The van der Waals surface area contributed by atoms with Crippen LogP contribution in [0.25, 0.3) is 0 Å². The molecule has 0 bridgehead atoms. The van der Waals surface area contributed by atoms with Crippen LogP contribution in [0.3, 0.4) is 0 Å². The molecule has 0 aliphatic rings. The minimum absolute atomic E-state index is 0.279. The molecule has 15 heavy (non-hydrogen) atoms. The van der Waals surface area contributed by atoms with E-state index in [1.807, 2.05) is 0 Å². The maximum Gasteiger partial charge on any atom is 0.0616 e. The third-order valence-corrected chi connectivity index (χ3v) is 2.43. The third-order valence-electron chi connectivity index (χ3n) is 2.43. The van der Waals surface area contributed by atoms with Gasteiger partial charge in [0.1, 0.15) is 0 Å². The molecule has 0 amide bonds. The second-order valence-corrected chi connectivity index (χ2v) is 4.95. The van der Waals surface area contributed by atoms with Crippen molar-refractivity contribution in [3.05, 3.63) is 0 Å². The van der Waals surface area contributed by atoms with Crippen LogP contribution < -0.4 is 0 Å². The molecule has 0 radical (unpaired) electrons. The summed E-state index contributed by atoms with van der Waals surface area (Å²) >= 11 is 0. The summed E-state index contributed by atoms with van der Waals surface area (Å²) in [5.41, 5.74) is -0.768. The van der Waals surface area contributed by atoms with Gasteiger partial charge < -0.3 is 15.3 Å². The van der Waals surface area contributed by atoms with Crippen LogP contribution in [0.4, 0.5) is 0 Å². The number of unbranched alkanes of at least 4 members (excludes halogenated alkanes) is 4. The fourth-order valence-corrected chi connectivity index (χ4v) is 1.70. The fraction of sp³-hybridized carbons (Fsp3) is 1.00. The van der Waals surface area contributed by atoms with E-state index in [0.717, 1.165) is 38.5 Å². The van der Waals surface area contributed by atoms with Crippen LogP contribution in [-0.4, -0.2) is 33.6 Å². The minimum Gasteiger partial charge on any atom is -0.396 e. The quantitative estimate of drug-likeness (QED) is 0.517. The Labute approximate surface area is 93.1 Å². The van der Waals surface area contributed by atoms with Gasteiger partial charge in [0.15, 0.2) is 0 Å². The largest absolute Gasteiger partial charge is 0.396 e. The van der Waals surface area contributed by atoms with E-state index < -0.39 is 5.60 Å². The van der Waals surface area contributed by atoms with Gasteiger partial charge in [0.2, 0.25) is 0 Å². The van der Waals surface area contributed by atoms with Gasteiger partial charge in [-0.2, -0.15) is 0 Å². The van der Waals surface area contributed by atoms with Crippen molar-refractivity contribution in [2.24, 2.45) is 0 Å². The van der Waals surface area contributed by atoms with Crippen molar-refractivity contribution >= 4 is 0 Å². The number of aliphatic hydroxyl groups is 3. The van der Waals surface area contributed by atoms with Gasteiger partial charge in [-0.05, 0) is 26.7 Å². The summed E-state index contributed by atoms with van der Waals surface area (Å²) in [6.07, 6.45) is 6.00. The van der Waals surface area contributed by atoms with Crippen molar-refractivity contribution in [3.63, 3.8) is 0 Å². The van der Waals surface area contributed by atoms with E-state index in [-0.39, 0.29) is 12.7 Å². The number of hydrogen-bond donors (Lipinski definition) is 3. The maximum atomic E-state index is 9.59. The van der Waals surface area contributed by atoms with Crippen molar-refractivity contribution in [2.45, 2.75) is 70.5 Å². The first-order chi connectivity index (χ1) is 6.95. The Morgan fingerprint density at radius 3 is 2.07 bits per heavy atom. The lowest BCUT2D eigenvalue weighted by molar-refractivity contribution is 0.0150. The zero-order valence-electron chi connectivity index (χ0n) is 10.1. The highest BCUT2D eigenvalue weighted by Gasteiger charge is 2.17. The topological polar surface area (TPSA) is 60.7 Å². The molecule has 0 saturated heterocycles. The first-order valence-corrected chi connectivity index (χ1v) is 5.97. The van der Waals surface area contributed by atoms with Crippen LogP contribution in [0, 0.1) is 0 Å². The molecule has 1 atom stereocenters. The van der Waals surface area contributed by atoms with Gasteiger partial charge in [-0.15, -0.1) is 0 Å². The second-order valence-electron chi connectivity index (χ2n) is 4.95. The number of rotatable bonds is 9. The molecule has 0 aromatic carbocycles. The SMILES string of the molecule is CC(C)(O)CC(O)CCCCCCCO. The average molecular weight is 218 g/mol. The molecule has 0 aromatic heterocycles. The van der Waals surface area contributed by atoms with E-state index in [1.54, 1.807) is 13.8 Å². The standard InChI is InChI=1S/C12H26O3/c1-12(2,15)10-11(14)8-6-4-3-5-7-9-13/h11,13-15H,3-10H2,1-2H3. The zero-order chi connectivity index (χ0) is 11.7. The molecule has 92 valence electrons. The van der Waals surface area contributed by atoms with E-state index in [1.165, 1.54) is 0 Å². The van der Waals surface area contributed by atoms with Gasteiger partial charge in [-0.25, -0.2) is 0 Å². The highest BCUT2D eigenvalue weighted by atomic mass is 16.3. The predicted octanol–water partition coefficient (Wildman–Crippen LogP) is 1.84. The van der Waals surface area contributed by atoms with Gasteiger partial charge in [-0.1, -0.05) is 25.7 Å². The summed E-state index contributed by atoms with van der Waals surface area (Å²) in [6.45, 7) is 3.72. The second kappa shape index (κ2) is 8.08. The molecule has 0 rings (SSSR count). The van der Waals surface area contributed by atoms with Crippen LogP contribution in [0.15, 0.2) is 0 Å². The lowest BCUT2D eigenvalue weighted by atomic mass is 9.97. The first-order valence-electron chi connectivity index (χ1n) is 5.97. The van der Waals surface area contributed by atoms with Crippen LogP contribution in [0.5, 0.6) is 0 Å². The van der Waals surface area contributed by atoms with Gasteiger partial charge in [0.05, 0.1) is 11.7 Å². The molecule has 0 fully saturated rings. The van der Waals surface area contributed by atoms with E-state index in [0.29, 0.717) is 6.42 Å². The summed E-state index contributed by atoms with van der Waals surface area (Å²) < 4.78 is 0. The molecule has 3 heteroatoms. The molecule has 0 saturated carbocycles. The van der Waals surface area contributed by atoms with Crippen molar-refractivity contribution in [1.29, 1.82) is 0 Å². The lowest BCUT2D eigenvalue weighted by Gasteiger charge is -2.21. The van der Waals surface area contributed by atoms with E-state index in [2.05, 4.69) is 0 Å². The molecule has 0 aliphatic heterocycles. The Morgan fingerprint density at radius 2 is 1.53 bits per heavy atom. The van der Waals surface area contributed by atoms with Crippen LogP contribution in [-0.2, 0) is 0 Å². The molecule has 3 nitrogen and oxygen atoms in total. The molecular weight excluding hydrogens is 192 g/mol. The van der Waals surface area contributed by atoms with E-state index >= 15 is 0 Å². The fourth-order valence-electron chi connectivity index (χ4n) is 1.70. The van der Waals surface area contributed by atoms with Gasteiger partial charge in [-0.3, -0.25) is 0 Å². The number of hydrogen-bond acceptors (Lipinski definition) is 3. The Balaban J connectivity index is 3.28. The molecule has 3 N–H and O–H groups in total. The van der Waals surface area contributed by atoms with Crippen molar-refractivity contribution in [3.8, 4) is 0 Å². The summed E-state index contributed by atoms with van der Waals surface area (Å²) in [6, 6.07) is 0. The Kier molecular flexibility index (Phi) is 8.02. The van der Waals surface area contributed by atoms with Gasteiger partial charge in [0.25, 0.3) is 0 Å². The first kappa shape index (κ1) is 14.9. The summed E-state index contributed by atoms with van der Waals surface area (Å²) in [5.74, 6) is 0. The minimum atomic E-state index is -0.768. The highest BCUT2D eigenvalue weighted by molar-refractivity contribution is 4.70. The average Bonchev–Trinajstić information content (AvgIpc) is 2.08. The molecule has 0 aliphatic carbocycles. The maximum absolute atomic E-state index is 9.59. The number of aliphatic hydroxyl groups excluding tert-OH is 2. The smallest absolute Gasteiger partial charge is 0.0616 e. The van der Waals surface area contributed by atoms with E-state index in [4.69, 9.17) is 5.11 Å². The van der Waals surface area contributed by atoms with Crippen LogP contribution in [0.2, 0.25) is 0 Å². The predicted molar refractivity (Wildman–Crippen MR) is 61.7 cm³/mol. The summed E-state index contributed by atoms with van der Waals surface area (Å²) in [4.78, 5) is 0. The Morgan fingerprint density at radius 1 is 1.00 bits per heavy atom. The van der Waals surface area contributed by atoms with Crippen LogP contribution >= 0.6 is 0 Å². The van der Waals surface area contributed by atoms with Crippen LogP contribution in [0.1, 0.15) is 58.8 Å². The van der Waals surface area contributed by atoms with E-state index in [9.17, 15) is 10.2 Å². The highest BCUT2D eigenvalue weighted by Crippen LogP contribution is 2.15. The molecule has 0 heterocycles. The third kappa shape index (κ3) is 11.8. The molecule has 0 spiro atoms. The lowest BCUT2D eigenvalue weighted by Crippen LogP contribution is -2.26. The molecule has 0 aromatic rings. The van der Waals surface area contributed by atoms with Gasteiger partial charge in [0, 0.05) is 13.0 Å². The molecular formula is C12H26O3. The summed E-state index contributed by atoms with van der Waals surface area (Å²) in [5, 5.41) is 27.6. The molecule has 1 unspecified atom stereocenters. The Bertz CT molecular complexity index is 140. The van der Waals surface area contributed by atoms with Crippen molar-refractivity contribution < 1.29 is 15.3 Å². The summed E-state index contributed by atoms with van der Waals surface area (Å²) in [7, 11) is 0. The van der Waals surface area contributed by atoms with Crippen molar-refractivity contribution in [2.75, 3.05) is 6.61 Å².